The van der Waals surface area contributed by atoms with Crippen molar-refractivity contribution < 1.29 is 9.47 Å². The maximum absolute atomic E-state index is 6.29. The first-order valence-corrected chi connectivity index (χ1v) is 7.91. The van der Waals surface area contributed by atoms with Crippen LogP contribution in [0.4, 0.5) is 5.69 Å². The summed E-state index contributed by atoms with van der Waals surface area (Å²) < 4.78 is 10.8. The predicted octanol–water partition coefficient (Wildman–Crippen LogP) is 2.66. The third-order valence-electron chi connectivity index (χ3n) is 4.63. The van der Waals surface area contributed by atoms with E-state index < -0.39 is 0 Å². The second-order valence-corrected chi connectivity index (χ2v) is 6.52. The summed E-state index contributed by atoms with van der Waals surface area (Å²) in [7, 11) is 3.38. The summed E-state index contributed by atoms with van der Waals surface area (Å²) in [4.78, 5) is 2.40. The van der Waals surface area contributed by atoms with Gasteiger partial charge in [0.05, 0.1) is 14.2 Å². The Morgan fingerprint density at radius 2 is 1.71 bits per heavy atom. The van der Waals surface area contributed by atoms with Crippen LogP contribution >= 0.6 is 0 Å². The highest BCUT2D eigenvalue weighted by Crippen LogP contribution is 2.39. The molecule has 2 unspecified atom stereocenters. The summed E-state index contributed by atoms with van der Waals surface area (Å²) in [5, 5.41) is 0. The molecule has 0 amide bonds. The summed E-state index contributed by atoms with van der Waals surface area (Å²) >= 11 is 0. The maximum atomic E-state index is 6.29. The molecule has 116 valence electrons. The van der Waals surface area contributed by atoms with Gasteiger partial charge in [-0.25, -0.2) is 0 Å². The van der Waals surface area contributed by atoms with E-state index in [4.69, 9.17) is 15.2 Å². The van der Waals surface area contributed by atoms with Crippen molar-refractivity contribution in [1.29, 1.82) is 0 Å². The second kappa shape index (κ2) is 6.14. The van der Waals surface area contributed by atoms with Crippen molar-refractivity contribution in [1.82, 2.24) is 0 Å². The van der Waals surface area contributed by atoms with E-state index in [9.17, 15) is 0 Å². The van der Waals surface area contributed by atoms with Crippen LogP contribution in [0.15, 0.2) is 18.2 Å². The highest BCUT2D eigenvalue weighted by atomic mass is 16.5. The Morgan fingerprint density at radius 1 is 1.05 bits per heavy atom. The summed E-state index contributed by atoms with van der Waals surface area (Å²) in [6.45, 7) is 2.01. The molecule has 21 heavy (non-hydrogen) atoms. The Kier molecular flexibility index (Phi) is 4.24. The Hall–Kier alpha value is -1.42. The molecule has 2 fully saturated rings. The van der Waals surface area contributed by atoms with Gasteiger partial charge in [-0.15, -0.1) is 0 Å². The van der Waals surface area contributed by atoms with E-state index in [1.54, 1.807) is 14.2 Å². The molecule has 0 bridgehead atoms. The number of hydrogen-bond acceptors (Lipinski definition) is 4. The van der Waals surface area contributed by atoms with Crippen LogP contribution in [0.1, 0.15) is 25.7 Å². The molecule has 1 saturated heterocycles. The summed E-state index contributed by atoms with van der Waals surface area (Å²) in [6.07, 6.45) is 5.33. The standard InChI is InChI=1S/C17H26N2O2/c1-20-16-7-15(8-17(9-16)21-2)19-10-13(5-12-3-4-12)6-14(18)11-19/h7-9,12-14H,3-6,10-11,18H2,1-2H3. The van der Waals surface area contributed by atoms with Crippen LogP contribution in [-0.4, -0.2) is 33.4 Å². The molecular weight excluding hydrogens is 264 g/mol. The molecule has 2 aliphatic rings. The van der Waals surface area contributed by atoms with Gasteiger partial charge >= 0.3 is 0 Å². The third-order valence-corrected chi connectivity index (χ3v) is 4.63. The van der Waals surface area contributed by atoms with Crippen molar-refractivity contribution in [3.63, 3.8) is 0 Å². The van der Waals surface area contributed by atoms with E-state index in [-0.39, 0.29) is 6.04 Å². The first kappa shape index (κ1) is 14.5. The minimum absolute atomic E-state index is 0.264. The molecule has 0 spiro atoms. The first-order valence-electron chi connectivity index (χ1n) is 7.91. The quantitative estimate of drug-likeness (QED) is 0.905. The Labute approximate surface area is 127 Å². The number of nitrogens with two attached hydrogens (primary N) is 1. The van der Waals surface area contributed by atoms with Gasteiger partial charge in [-0.05, 0) is 24.7 Å². The average Bonchev–Trinajstić information content (AvgIpc) is 3.30. The van der Waals surface area contributed by atoms with E-state index in [0.717, 1.165) is 48.5 Å². The van der Waals surface area contributed by atoms with Gasteiger partial charge in [0.1, 0.15) is 11.5 Å². The van der Waals surface area contributed by atoms with Gasteiger partial charge in [0.2, 0.25) is 0 Å². The number of hydrogen-bond donors (Lipinski definition) is 1. The summed E-state index contributed by atoms with van der Waals surface area (Å²) in [5.41, 5.74) is 7.44. The van der Waals surface area contributed by atoms with E-state index in [1.807, 2.05) is 6.07 Å². The molecule has 1 aromatic rings. The minimum atomic E-state index is 0.264. The largest absolute Gasteiger partial charge is 0.497 e. The van der Waals surface area contributed by atoms with Crippen molar-refractivity contribution in [2.45, 2.75) is 31.7 Å². The highest BCUT2D eigenvalue weighted by molar-refractivity contribution is 5.56. The number of rotatable bonds is 5. The van der Waals surface area contributed by atoms with E-state index >= 15 is 0 Å². The molecule has 1 heterocycles. The van der Waals surface area contributed by atoms with Crippen molar-refractivity contribution >= 4 is 5.69 Å². The normalized spacial score (nSPS) is 25.8. The van der Waals surface area contributed by atoms with Crippen LogP contribution in [0.2, 0.25) is 0 Å². The van der Waals surface area contributed by atoms with E-state index in [0.29, 0.717) is 0 Å². The Morgan fingerprint density at radius 3 is 2.29 bits per heavy atom. The molecule has 4 nitrogen and oxygen atoms in total. The zero-order chi connectivity index (χ0) is 14.8. The molecule has 1 aliphatic heterocycles. The molecule has 4 heteroatoms. The zero-order valence-electron chi connectivity index (χ0n) is 13.0. The molecule has 1 aliphatic carbocycles. The van der Waals surface area contributed by atoms with E-state index in [1.165, 1.54) is 19.3 Å². The maximum Gasteiger partial charge on any atom is 0.124 e. The average molecular weight is 290 g/mol. The molecular formula is C17H26N2O2. The number of anilines is 1. The van der Waals surface area contributed by atoms with Gasteiger partial charge in [0.25, 0.3) is 0 Å². The predicted molar refractivity (Wildman–Crippen MR) is 85.2 cm³/mol. The molecule has 0 radical (unpaired) electrons. The molecule has 2 N–H and O–H groups in total. The molecule has 0 aromatic heterocycles. The topological polar surface area (TPSA) is 47.7 Å². The fraction of sp³-hybridized carbons (Fsp3) is 0.647. The summed E-state index contributed by atoms with van der Waals surface area (Å²) in [6, 6.07) is 6.33. The minimum Gasteiger partial charge on any atom is -0.497 e. The first-order chi connectivity index (χ1) is 10.2. The van der Waals surface area contributed by atoms with Crippen LogP contribution in [0.25, 0.3) is 0 Å². The number of ether oxygens (including phenoxy) is 2. The van der Waals surface area contributed by atoms with Crippen LogP contribution in [0.3, 0.4) is 0 Å². The number of piperidine rings is 1. The van der Waals surface area contributed by atoms with Gasteiger partial charge in [-0.3, -0.25) is 0 Å². The second-order valence-electron chi connectivity index (χ2n) is 6.52. The lowest BCUT2D eigenvalue weighted by atomic mass is 9.90. The number of nitrogens with zero attached hydrogens (tertiary/aromatic N) is 1. The van der Waals surface area contributed by atoms with Gasteiger partial charge in [-0.1, -0.05) is 12.8 Å². The zero-order valence-corrected chi connectivity index (χ0v) is 13.0. The fourth-order valence-electron chi connectivity index (χ4n) is 3.43. The van der Waals surface area contributed by atoms with Crippen molar-refractivity contribution in [3.05, 3.63) is 18.2 Å². The molecule has 1 aromatic carbocycles. The monoisotopic (exact) mass is 290 g/mol. The lowest BCUT2D eigenvalue weighted by Gasteiger charge is -2.38. The van der Waals surface area contributed by atoms with E-state index in [2.05, 4.69) is 17.0 Å². The van der Waals surface area contributed by atoms with Crippen molar-refractivity contribution in [2.24, 2.45) is 17.6 Å². The lowest BCUT2D eigenvalue weighted by molar-refractivity contribution is 0.343. The fourth-order valence-corrected chi connectivity index (χ4v) is 3.43. The van der Waals surface area contributed by atoms with Crippen molar-refractivity contribution in [3.8, 4) is 11.5 Å². The van der Waals surface area contributed by atoms with Gasteiger partial charge < -0.3 is 20.1 Å². The third kappa shape index (κ3) is 3.62. The number of methoxy groups -OCH3 is 2. The van der Waals surface area contributed by atoms with Crippen LogP contribution < -0.4 is 20.1 Å². The Balaban J connectivity index is 1.77. The van der Waals surface area contributed by atoms with Crippen LogP contribution in [0, 0.1) is 11.8 Å². The molecule has 1 saturated carbocycles. The lowest BCUT2D eigenvalue weighted by Crippen LogP contribution is -2.47. The highest BCUT2D eigenvalue weighted by Gasteiger charge is 2.31. The SMILES string of the molecule is COc1cc(OC)cc(N2CC(N)CC(CC3CC3)C2)c1. The number of benzene rings is 1. The van der Waals surface area contributed by atoms with Gasteiger partial charge in [0.15, 0.2) is 0 Å². The van der Waals surface area contributed by atoms with Gasteiger partial charge in [-0.2, -0.15) is 0 Å². The molecule has 3 rings (SSSR count). The van der Waals surface area contributed by atoms with Crippen molar-refractivity contribution in [2.75, 3.05) is 32.2 Å². The molecule has 2 atom stereocenters. The Bertz CT molecular complexity index is 463. The van der Waals surface area contributed by atoms with Crippen LogP contribution in [0.5, 0.6) is 11.5 Å². The summed E-state index contributed by atoms with van der Waals surface area (Å²) in [5.74, 6) is 3.35. The van der Waals surface area contributed by atoms with Gasteiger partial charge in [0, 0.05) is 43.0 Å². The van der Waals surface area contributed by atoms with Crippen LogP contribution in [-0.2, 0) is 0 Å². The smallest absolute Gasteiger partial charge is 0.124 e.